The quantitative estimate of drug-likeness (QED) is 0.554. The zero-order chi connectivity index (χ0) is 8.97. The van der Waals surface area contributed by atoms with Crippen molar-refractivity contribution in [3.63, 3.8) is 0 Å². The van der Waals surface area contributed by atoms with Crippen LogP contribution in [0.15, 0.2) is 5.16 Å². The molecule has 0 aromatic carbocycles. The molecule has 0 aliphatic carbocycles. The zero-order valence-electron chi connectivity index (χ0n) is 8.36. The van der Waals surface area contributed by atoms with Crippen molar-refractivity contribution in [2.45, 2.75) is 26.7 Å². The van der Waals surface area contributed by atoms with Crippen molar-refractivity contribution >= 4 is 18.1 Å². The third-order valence-electron chi connectivity index (χ3n) is 2.20. The summed E-state index contributed by atoms with van der Waals surface area (Å²) in [4.78, 5) is 2.43. The minimum absolute atomic E-state index is 0. The molecule has 1 N–H and O–H groups in total. The minimum Gasteiger partial charge on any atom is -0.411 e. The lowest BCUT2D eigenvalue weighted by Crippen LogP contribution is -2.36. The van der Waals surface area contributed by atoms with Gasteiger partial charge in [0.2, 0.25) is 0 Å². The van der Waals surface area contributed by atoms with Gasteiger partial charge in [-0.3, -0.25) is 0 Å². The van der Waals surface area contributed by atoms with E-state index in [0.717, 1.165) is 37.6 Å². The molecule has 0 saturated carbocycles. The molecule has 0 aromatic heterocycles. The lowest BCUT2D eigenvalue weighted by Gasteiger charge is -2.28. The number of oxime groups is 1. The molecule has 0 aromatic rings. The molecule has 0 bridgehead atoms. The van der Waals surface area contributed by atoms with E-state index in [9.17, 15) is 0 Å². The molecule has 4 heteroatoms. The van der Waals surface area contributed by atoms with Crippen LogP contribution in [0, 0.1) is 5.92 Å². The SMILES string of the molecule is CC(C)CN1CCC(=NO)CC1.Cl. The molecule has 0 atom stereocenters. The van der Waals surface area contributed by atoms with Crippen molar-refractivity contribution in [3.05, 3.63) is 0 Å². The Morgan fingerprint density at radius 2 is 1.92 bits per heavy atom. The summed E-state index contributed by atoms with van der Waals surface area (Å²) in [5.41, 5.74) is 0.954. The highest BCUT2D eigenvalue weighted by Gasteiger charge is 2.15. The second-order valence-corrected chi connectivity index (χ2v) is 3.86. The van der Waals surface area contributed by atoms with E-state index in [1.54, 1.807) is 0 Å². The highest BCUT2D eigenvalue weighted by Crippen LogP contribution is 2.09. The molecule has 0 radical (unpaired) electrons. The van der Waals surface area contributed by atoms with Crippen LogP contribution < -0.4 is 0 Å². The van der Waals surface area contributed by atoms with E-state index in [1.165, 1.54) is 6.54 Å². The van der Waals surface area contributed by atoms with Gasteiger partial charge in [-0.25, -0.2) is 0 Å². The standard InChI is InChI=1S/C9H18N2O.ClH/c1-8(2)7-11-5-3-9(10-12)4-6-11;/h8,12H,3-7H2,1-2H3;1H. The lowest BCUT2D eigenvalue weighted by atomic mass is 10.1. The van der Waals surface area contributed by atoms with Gasteiger partial charge in [0.15, 0.2) is 0 Å². The first-order valence-electron chi connectivity index (χ1n) is 4.64. The molecule has 1 rings (SSSR count). The Kier molecular flexibility index (Phi) is 6.08. The van der Waals surface area contributed by atoms with Gasteiger partial charge in [-0.05, 0) is 5.92 Å². The molecule has 1 fully saturated rings. The number of halogens is 1. The van der Waals surface area contributed by atoms with Crippen LogP contribution in [-0.4, -0.2) is 35.5 Å². The highest BCUT2D eigenvalue weighted by atomic mass is 35.5. The Morgan fingerprint density at radius 3 is 2.31 bits per heavy atom. The number of piperidine rings is 1. The van der Waals surface area contributed by atoms with Crippen molar-refractivity contribution in [2.75, 3.05) is 19.6 Å². The summed E-state index contributed by atoms with van der Waals surface area (Å²) < 4.78 is 0. The second kappa shape index (κ2) is 6.22. The van der Waals surface area contributed by atoms with Gasteiger partial charge in [-0.2, -0.15) is 0 Å². The lowest BCUT2D eigenvalue weighted by molar-refractivity contribution is 0.238. The number of rotatable bonds is 2. The Hall–Kier alpha value is -0.280. The van der Waals surface area contributed by atoms with Crippen LogP contribution in [0.3, 0.4) is 0 Å². The first kappa shape index (κ1) is 12.7. The van der Waals surface area contributed by atoms with Gasteiger partial charge in [0.25, 0.3) is 0 Å². The van der Waals surface area contributed by atoms with E-state index in [4.69, 9.17) is 5.21 Å². The molecule has 1 saturated heterocycles. The Morgan fingerprint density at radius 1 is 1.38 bits per heavy atom. The fourth-order valence-electron chi connectivity index (χ4n) is 1.61. The summed E-state index contributed by atoms with van der Waals surface area (Å²) >= 11 is 0. The van der Waals surface area contributed by atoms with Crippen molar-refractivity contribution in [1.82, 2.24) is 4.90 Å². The summed E-state index contributed by atoms with van der Waals surface area (Å²) in [5.74, 6) is 0.734. The number of likely N-dealkylation sites (tertiary alicyclic amines) is 1. The first-order valence-corrected chi connectivity index (χ1v) is 4.64. The zero-order valence-corrected chi connectivity index (χ0v) is 9.18. The molecule has 0 unspecified atom stereocenters. The summed E-state index contributed by atoms with van der Waals surface area (Å²) in [5, 5.41) is 11.8. The van der Waals surface area contributed by atoms with Crippen LogP contribution >= 0.6 is 12.4 Å². The fraction of sp³-hybridized carbons (Fsp3) is 0.889. The maximum absolute atomic E-state index is 8.53. The predicted octanol–water partition coefficient (Wildman–Crippen LogP) is 1.99. The summed E-state index contributed by atoms with van der Waals surface area (Å²) in [6.45, 7) is 7.74. The monoisotopic (exact) mass is 206 g/mol. The highest BCUT2D eigenvalue weighted by molar-refractivity contribution is 5.85. The molecule has 0 spiro atoms. The van der Waals surface area contributed by atoms with Crippen molar-refractivity contribution < 1.29 is 5.21 Å². The average molecular weight is 207 g/mol. The minimum atomic E-state index is 0. The van der Waals surface area contributed by atoms with Gasteiger partial charge in [0.1, 0.15) is 0 Å². The smallest absolute Gasteiger partial charge is 0.0596 e. The Bertz CT molecular complexity index is 161. The number of hydrogen-bond acceptors (Lipinski definition) is 3. The van der Waals surface area contributed by atoms with E-state index in [-0.39, 0.29) is 12.4 Å². The van der Waals surface area contributed by atoms with E-state index in [1.807, 2.05) is 0 Å². The maximum atomic E-state index is 8.53. The summed E-state index contributed by atoms with van der Waals surface area (Å²) in [7, 11) is 0. The molecule has 1 aliphatic heterocycles. The molecule has 1 heterocycles. The summed E-state index contributed by atoms with van der Waals surface area (Å²) in [6, 6.07) is 0. The first-order chi connectivity index (χ1) is 5.72. The molecular formula is C9H19ClN2O. The van der Waals surface area contributed by atoms with Crippen LogP contribution in [-0.2, 0) is 0 Å². The van der Waals surface area contributed by atoms with Gasteiger partial charge in [-0.15, -0.1) is 12.4 Å². The van der Waals surface area contributed by atoms with E-state index in [0.29, 0.717) is 0 Å². The van der Waals surface area contributed by atoms with Crippen LogP contribution in [0.25, 0.3) is 0 Å². The van der Waals surface area contributed by atoms with Gasteiger partial charge in [0.05, 0.1) is 5.71 Å². The van der Waals surface area contributed by atoms with Crippen molar-refractivity contribution in [3.8, 4) is 0 Å². The molecular weight excluding hydrogens is 188 g/mol. The van der Waals surface area contributed by atoms with Crippen LogP contribution in [0.1, 0.15) is 26.7 Å². The van der Waals surface area contributed by atoms with E-state index >= 15 is 0 Å². The van der Waals surface area contributed by atoms with Crippen molar-refractivity contribution in [1.29, 1.82) is 0 Å². The average Bonchev–Trinajstić information content (AvgIpc) is 2.05. The van der Waals surface area contributed by atoms with Gasteiger partial charge in [-0.1, -0.05) is 19.0 Å². The van der Waals surface area contributed by atoms with Gasteiger partial charge in [0, 0.05) is 32.5 Å². The van der Waals surface area contributed by atoms with Crippen molar-refractivity contribution in [2.24, 2.45) is 11.1 Å². The topological polar surface area (TPSA) is 35.8 Å². The normalized spacial score (nSPS) is 18.5. The molecule has 13 heavy (non-hydrogen) atoms. The third-order valence-corrected chi connectivity index (χ3v) is 2.20. The summed E-state index contributed by atoms with van der Waals surface area (Å²) in [6.07, 6.45) is 1.87. The molecule has 3 nitrogen and oxygen atoms in total. The molecule has 0 amide bonds. The number of hydrogen-bond donors (Lipinski definition) is 1. The van der Waals surface area contributed by atoms with E-state index < -0.39 is 0 Å². The van der Waals surface area contributed by atoms with Gasteiger partial charge < -0.3 is 10.1 Å². The largest absolute Gasteiger partial charge is 0.411 e. The van der Waals surface area contributed by atoms with E-state index in [2.05, 4.69) is 23.9 Å². The van der Waals surface area contributed by atoms with Crippen LogP contribution in [0.4, 0.5) is 0 Å². The molecule has 78 valence electrons. The van der Waals surface area contributed by atoms with Gasteiger partial charge >= 0.3 is 0 Å². The Balaban J connectivity index is 0.00000144. The van der Waals surface area contributed by atoms with Crippen LogP contribution in [0.5, 0.6) is 0 Å². The van der Waals surface area contributed by atoms with Crippen LogP contribution in [0.2, 0.25) is 0 Å². The third kappa shape index (κ3) is 4.48. The predicted molar refractivity (Wildman–Crippen MR) is 57.0 cm³/mol. The molecule has 1 aliphatic rings. The second-order valence-electron chi connectivity index (χ2n) is 3.86. The maximum Gasteiger partial charge on any atom is 0.0596 e. The fourth-order valence-corrected chi connectivity index (χ4v) is 1.61. The Labute approximate surface area is 86.2 Å². The number of nitrogens with zero attached hydrogens (tertiary/aromatic N) is 2.